The maximum atomic E-state index is 13.6. The second kappa shape index (κ2) is 10.4. The van der Waals surface area contributed by atoms with Gasteiger partial charge in [0.25, 0.3) is 0 Å². The summed E-state index contributed by atoms with van der Waals surface area (Å²) >= 11 is 0. The number of hydrogen-bond donors (Lipinski definition) is 0. The zero-order valence-electron chi connectivity index (χ0n) is 19.6. The standard InChI is InChI=1S/C27H37FN2O/c1-19(2)14-30(27(31)20(3)4)17-24-16-29(15-22-8-6-7-21(5)13-22)18-26(24)23-9-11-25(28)12-10-23/h6-13,19-20,24,26H,14-18H2,1-5H3/t24-,26-/m0/s1. The van der Waals surface area contributed by atoms with Crippen molar-refractivity contribution in [3.05, 3.63) is 71.0 Å². The summed E-state index contributed by atoms with van der Waals surface area (Å²) in [6.45, 7) is 14.7. The Morgan fingerprint density at radius 1 is 1.10 bits per heavy atom. The molecule has 0 aromatic heterocycles. The molecule has 3 rings (SSSR count). The lowest BCUT2D eigenvalue weighted by Gasteiger charge is -2.31. The molecule has 1 aliphatic rings. The summed E-state index contributed by atoms with van der Waals surface area (Å²) in [7, 11) is 0. The fourth-order valence-electron chi connectivity index (χ4n) is 4.77. The van der Waals surface area contributed by atoms with E-state index < -0.39 is 0 Å². The molecule has 0 unspecified atom stereocenters. The highest BCUT2D eigenvalue weighted by Gasteiger charge is 2.36. The van der Waals surface area contributed by atoms with Gasteiger partial charge in [-0.1, -0.05) is 69.7 Å². The van der Waals surface area contributed by atoms with Crippen molar-refractivity contribution in [1.29, 1.82) is 0 Å². The fourth-order valence-corrected chi connectivity index (χ4v) is 4.77. The number of likely N-dealkylation sites (tertiary alicyclic amines) is 1. The van der Waals surface area contributed by atoms with E-state index in [-0.39, 0.29) is 17.6 Å². The van der Waals surface area contributed by atoms with Crippen molar-refractivity contribution in [2.24, 2.45) is 17.8 Å². The van der Waals surface area contributed by atoms with Gasteiger partial charge in [0, 0.05) is 44.6 Å². The number of rotatable bonds is 8. The number of nitrogens with zero attached hydrogens (tertiary/aromatic N) is 2. The first-order chi connectivity index (χ1) is 14.7. The molecule has 3 nitrogen and oxygen atoms in total. The second-order valence-electron chi connectivity index (χ2n) is 9.89. The lowest BCUT2D eigenvalue weighted by molar-refractivity contribution is -0.135. The molecule has 2 aromatic carbocycles. The van der Waals surface area contributed by atoms with Gasteiger partial charge in [-0.15, -0.1) is 0 Å². The summed E-state index contributed by atoms with van der Waals surface area (Å²) in [5.41, 5.74) is 3.75. The van der Waals surface area contributed by atoms with E-state index in [2.05, 4.69) is 54.8 Å². The Morgan fingerprint density at radius 3 is 2.42 bits per heavy atom. The van der Waals surface area contributed by atoms with Gasteiger partial charge in [0.2, 0.25) is 5.91 Å². The van der Waals surface area contributed by atoms with Crippen LogP contribution in [0.25, 0.3) is 0 Å². The smallest absolute Gasteiger partial charge is 0.225 e. The van der Waals surface area contributed by atoms with Gasteiger partial charge < -0.3 is 4.90 Å². The van der Waals surface area contributed by atoms with Gasteiger partial charge in [-0.05, 0) is 42.0 Å². The van der Waals surface area contributed by atoms with Crippen LogP contribution < -0.4 is 0 Å². The molecule has 31 heavy (non-hydrogen) atoms. The Balaban J connectivity index is 1.82. The van der Waals surface area contributed by atoms with E-state index in [0.717, 1.165) is 32.7 Å². The van der Waals surface area contributed by atoms with E-state index in [1.165, 1.54) is 16.7 Å². The maximum Gasteiger partial charge on any atom is 0.225 e. The molecule has 2 aromatic rings. The first kappa shape index (κ1) is 23.5. The number of halogens is 1. The molecular formula is C27H37FN2O. The molecule has 168 valence electrons. The maximum absolute atomic E-state index is 13.6. The van der Waals surface area contributed by atoms with Gasteiger partial charge in [0.05, 0.1) is 0 Å². The Morgan fingerprint density at radius 2 is 1.81 bits per heavy atom. The lowest BCUT2D eigenvalue weighted by atomic mass is 9.88. The predicted molar refractivity (Wildman–Crippen MR) is 125 cm³/mol. The number of hydrogen-bond acceptors (Lipinski definition) is 2. The summed E-state index contributed by atoms with van der Waals surface area (Å²) in [5.74, 6) is 1.07. The van der Waals surface area contributed by atoms with Gasteiger partial charge in [0.1, 0.15) is 5.82 Å². The number of carbonyl (C=O) groups is 1. The molecule has 4 heteroatoms. The summed E-state index contributed by atoms with van der Waals surface area (Å²) in [6, 6.07) is 15.6. The Hall–Kier alpha value is -2.20. The van der Waals surface area contributed by atoms with E-state index in [1.807, 2.05) is 26.0 Å². The quantitative estimate of drug-likeness (QED) is 0.559. The normalized spacial score (nSPS) is 19.4. The van der Waals surface area contributed by atoms with Gasteiger partial charge in [0.15, 0.2) is 0 Å². The minimum Gasteiger partial charge on any atom is -0.342 e. The minimum absolute atomic E-state index is 0.00665. The Kier molecular flexibility index (Phi) is 7.88. The van der Waals surface area contributed by atoms with Crippen molar-refractivity contribution in [2.45, 2.75) is 47.1 Å². The second-order valence-corrected chi connectivity index (χ2v) is 9.89. The zero-order valence-corrected chi connectivity index (χ0v) is 19.6. The van der Waals surface area contributed by atoms with Crippen molar-refractivity contribution in [2.75, 3.05) is 26.2 Å². The van der Waals surface area contributed by atoms with Crippen LogP contribution in [0.3, 0.4) is 0 Å². The van der Waals surface area contributed by atoms with Crippen LogP contribution in [-0.2, 0) is 11.3 Å². The third kappa shape index (κ3) is 6.39. The molecule has 0 N–H and O–H groups in total. The fraction of sp³-hybridized carbons (Fsp3) is 0.519. The van der Waals surface area contributed by atoms with Crippen LogP contribution in [0.1, 0.15) is 50.3 Å². The molecule has 1 aliphatic heterocycles. The zero-order chi connectivity index (χ0) is 22.5. The van der Waals surface area contributed by atoms with Gasteiger partial charge >= 0.3 is 0 Å². The summed E-state index contributed by atoms with van der Waals surface area (Å²) < 4.78 is 13.6. The lowest BCUT2D eigenvalue weighted by Crippen LogP contribution is -2.41. The summed E-state index contributed by atoms with van der Waals surface area (Å²) in [6.07, 6.45) is 0. The molecule has 0 aliphatic carbocycles. The van der Waals surface area contributed by atoms with Crippen LogP contribution in [0.2, 0.25) is 0 Å². The number of aryl methyl sites for hydroxylation is 1. The van der Waals surface area contributed by atoms with Crippen LogP contribution in [-0.4, -0.2) is 41.9 Å². The highest BCUT2D eigenvalue weighted by molar-refractivity contribution is 5.78. The third-order valence-corrected chi connectivity index (χ3v) is 6.15. The summed E-state index contributed by atoms with van der Waals surface area (Å²) in [5, 5.41) is 0. The molecule has 1 amide bonds. The number of carbonyl (C=O) groups excluding carboxylic acids is 1. The minimum atomic E-state index is -0.202. The average molecular weight is 425 g/mol. The molecular weight excluding hydrogens is 387 g/mol. The van der Waals surface area contributed by atoms with E-state index in [0.29, 0.717) is 17.8 Å². The highest BCUT2D eigenvalue weighted by atomic mass is 19.1. The first-order valence-corrected chi connectivity index (χ1v) is 11.5. The van der Waals surface area contributed by atoms with Crippen LogP contribution in [0.5, 0.6) is 0 Å². The molecule has 0 radical (unpaired) electrons. The van der Waals surface area contributed by atoms with Gasteiger partial charge in [-0.3, -0.25) is 9.69 Å². The van der Waals surface area contributed by atoms with Crippen molar-refractivity contribution >= 4 is 5.91 Å². The predicted octanol–water partition coefficient (Wildman–Crippen LogP) is 5.49. The van der Waals surface area contributed by atoms with Gasteiger partial charge in [-0.25, -0.2) is 4.39 Å². The monoisotopic (exact) mass is 424 g/mol. The SMILES string of the molecule is Cc1cccc(CN2C[C@@H](CN(CC(C)C)C(=O)C(C)C)[C@H](c3ccc(F)cc3)C2)c1. The number of benzene rings is 2. The van der Waals surface area contributed by atoms with Crippen molar-refractivity contribution in [1.82, 2.24) is 9.80 Å². The average Bonchev–Trinajstić information content (AvgIpc) is 3.09. The third-order valence-electron chi connectivity index (χ3n) is 6.15. The van der Waals surface area contributed by atoms with E-state index in [4.69, 9.17) is 0 Å². The molecule has 1 fully saturated rings. The molecule has 2 atom stereocenters. The topological polar surface area (TPSA) is 23.6 Å². The Labute approximate surface area is 187 Å². The molecule has 0 spiro atoms. The largest absolute Gasteiger partial charge is 0.342 e. The van der Waals surface area contributed by atoms with E-state index in [1.54, 1.807) is 12.1 Å². The van der Waals surface area contributed by atoms with Crippen molar-refractivity contribution in [3.8, 4) is 0 Å². The van der Waals surface area contributed by atoms with Crippen LogP contribution >= 0.6 is 0 Å². The molecule has 1 saturated heterocycles. The molecule has 0 saturated carbocycles. The van der Waals surface area contributed by atoms with Crippen LogP contribution in [0.4, 0.5) is 4.39 Å². The highest BCUT2D eigenvalue weighted by Crippen LogP contribution is 2.34. The van der Waals surface area contributed by atoms with Gasteiger partial charge in [-0.2, -0.15) is 0 Å². The van der Waals surface area contributed by atoms with E-state index >= 15 is 0 Å². The van der Waals surface area contributed by atoms with Crippen molar-refractivity contribution < 1.29 is 9.18 Å². The summed E-state index contributed by atoms with van der Waals surface area (Å²) in [4.78, 5) is 17.5. The van der Waals surface area contributed by atoms with Crippen molar-refractivity contribution in [3.63, 3.8) is 0 Å². The Bertz CT molecular complexity index is 862. The van der Waals surface area contributed by atoms with E-state index in [9.17, 15) is 9.18 Å². The van der Waals surface area contributed by atoms with Crippen LogP contribution in [0, 0.1) is 30.5 Å². The molecule has 0 bridgehead atoms. The van der Waals surface area contributed by atoms with Crippen LogP contribution in [0.15, 0.2) is 48.5 Å². The first-order valence-electron chi connectivity index (χ1n) is 11.5. The number of amides is 1. The molecule has 1 heterocycles.